The van der Waals surface area contributed by atoms with Crippen molar-refractivity contribution in [2.45, 2.75) is 68.2 Å². The van der Waals surface area contributed by atoms with Gasteiger partial charge in [-0.05, 0) is 112 Å². The molecule has 0 saturated heterocycles. The molecule has 1 unspecified atom stereocenters. The summed E-state index contributed by atoms with van der Waals surface area (Å²) in [5, 5.41) is 0.988. The topological polar surface area (TPSA) is 17.1 Å². The Hall–Kier alpha value is -2.57. The first-order valence-electron chi connectivity index (χ1n) is 11.6. The van der Waals surface area contributed by atoms with Crippen molar-refractivity contribution >= 4 is 31.5 Å². The molecule has 2 aromatic carbocycles. The van der Waals surface area contributed by atoms with Crippen LogP contribution in [0.15, 0.2) is 71.8 Å². The monoisotopic (exact) mass is 478 g/mol. The van der Waals surface area contributed by atoms with Gasteiger partial charge in [-0.15, -0.1) is 9.24 Å². The molecule has 0 aliphatic carbocycles. The lowest BCUT2D eigenvalue weighted by Gasteiger charge is -2.18. The number of carbonyl (C=O) groups is 1. The van der Waals surface area contributed by atoms with E-state index in [4.69, 9.17) is 0 Å². The first-order valence-corrected chi connectivity index (χ1v) is 12.2. The molecule has 0 aliphatic heterocycles. The Bertz CT molecular complexity index is 1140. The lowest BCUT2D eigenvalue weighted by Crippen LogP contribution is -2.03. The minimum atomic E-state index is -0.167. The maximum Gasteiger partial charge on any atom is 0.155 e. The van der Waals surface area contributed by atoms with Crippen molar-refractivity contribution in [1.82, 2.24) is 0 Å². The molecule has 2 rings (SSSR count). The summed E-state index contributed by atoms with van der Waals surface area (Å²) in [5.74, 6) is 0.00389. The number of allylic oxidation sites excluding steroid dienone is 6. The number of benzene rings is 2. The number of ketones is 1. The van der Waals surface area contributed by atoms with Crippen LogP contribution in [0.1, 0.15) is 84.1 Å². The Balaban J connectivity index is 0.000000620. The molecular formula is C31H40FOP. The Morgan fingerprint density at radius 2 is 1.53 bits per heavy atom. The minimum absolute atomic E-state index is 0.167. The molecule has 3 heteroatoms. The highest BCUT2D eigenvalue weighted by Crippen LogP contribution is 2.33. The molecular weight excluding hydrogens is 438 g/mol. The molecule has 0 amide bonds. The number of carbonyl (C=O) groups excluding carboxylic acids is 1. The van der Waals surface area contributed by atoms with Crippen LogP contribution >= 0.6 is 9.24 Å². The van der Waals surface area contributed by atoms with E-state index in [1.807, 2.05) is 40.7 Å². The third-order valence-corrected chi connectivity index (χ3v) is 6.34. The number of halogens is 1. The molecule has 0 spiro atoms. The largest absolute Gasteiger partial charge is 0.295 e. The van der Waals surface area contributed by atoms with Crippen molar-refractivity contribution < 1.29 is 9.18 Å². The third-order valence-electron chi connectivity index (χ3n) is 5.98. The summed E-state index contributed by atoms with van der Waals surface area (Å²) in [5.41, 5.74) is 10.6. The second-order valence-electron chi connectivity index (χ2n) is 9.15. The highest BCUT2D eigenvalue weighted by molar-refractivity contribution is 7.27. The Kier molecular flexibility index (Phi) is 11.6. The molecule has 0 heterocycles. The smallest absolute Gasteiger partial charge is 0.155 e. The Morgan fingerprint density at radius 1 is 0.912 bits per heavy atom. The van der Waals surface area contributed by atoms with Crippen LogP contribution < -0.4 is 5.30 Å². The average molecular weight is 479 g/mol. The summed E-state index contributed by atoms with van der Waals surface area (Å²) in [6.45, 7) is 23.9. The summed E-state index contributed by atoms with van der Waals surface area (Å²) in [4.78, 5) is 10.5. The third kappa shape index (κ3) is 8.33. The zero-order valence-electron chi connectivity index (χ0n) is 22.2. The summed E-state index contributed by atoms with van der Waals surface area (Å²) in [6.07, 6.45) is 1.50. The fourth-order valence-electron chi connectivity index (χ4n) is 3.52. The fraction of sp³-hybridized carbons (Fsp3) is 0.323. The van der Waals surface area contributed by atoms with E-state index >= 15 is 0 Å². The fourth-order valence-corrected chi connectivity index (χ4v) is 3.81. The van der Waals surface area contributed by atoms with E-state index in [1.54, 1.807) is 13.0 Å². The van der Waals surface area contributed by atoms with Gasteiger partial charge in [0.15, 0.2) is 5.78 Å². The van der Waals surface area contributed by atoms with Crippen molar-refractivity contribution in [2.75, 3.05) is 0 Å². The van der Waals surface area contributed by atoms with Gasteiger partial charge < -0.3 is 0 Å². The van der Waals surface area contributed by atoms with Gasteiger partial charge in [-0.1, -0.05) is 60.6 Å². The molecule has 1 atom stereocenters. The number of hydrogen-bond donors (Lipinski definition) is 0. The summed E-state index contributed by atoms with van der Waals surface area (Å²) >= 11 is 0. The van der Waals surface area contributed by atoms with Gasteiger partial charge in [-0.2, -0.15) is 0 Å². The first-order chi connectivity index (χ1) is 15.8. The molecule has 34 heavy (non-hydrogen) atoms. The van der Waals surface area contributed by atoms with Crippen LogP contribution in [0.4, 0.5) is 4.39 Å². The first kappa shape index (κ1) is 29.5. The quantitative estimate of drug-likeness (QED) is 0.221. The van der Waals surface area contributed by atoms with Crippen LogP contribution in [0.5, 0.6) is 0 Å². The van der Waals surface area contributed by atoms with Crippen molar-refractivity contribution in [3.63, 3.8) is 0 Å². The van der Waals surface area contributed by atoms with Crippen LogP contribution in [0, 0.1) is 5.82 Å². The highest BCUT2D eigenvalue weighted by atomic mass is 31.0. The van der Waals surface area contributed by atoms with E-state index in [0.29, 0.717) is 12.0 Å². The van der Waals surface area contributed by atoms with Gasteiger partial charge in [0.05, 0.1) is 0 Å². The van der Waals surface area contributed by atoms with Gasteiger partial charge in [0.1, 0.15) is 5.82 Å². The Labute approximate surface area is 208 Å². The van der Waals surface area contributed by atoms with Gasteiger partial charge in [-0.25, -0.2) is 4.39 Å². The van der Waals surface area contributed by atoms with Crippen molar-refractivity contribution in [1.29, 1.82) is 0 Å². The van der Waals surface area contributed by atoms with E-state index < -0.39 is 0 Å². The lowest BCUT2D eigenvalue weighted by atomic mass is 9.86. The predicted molar refractivity (Wildman–Crippen MR) is 152 cm³/mol. The van der Waals surface area contributed by atoms with E-state index in [1.165, 1.54) is 17.2 Å². The van der Waals surface area contributed by atoms with E-state index in [0.717, 1.165) is 50.7 Å². The zero-order chi connectivity index (χ0) is 26.2. The van der Waals surface area contributed by atoms with E-state index in [9.17, 15) is 9.18 Å². The summed E-state index contributed by atoms with van der Waals surface area (Å²) < 4.78 is 14.3. The normalized spacial score (nSPS) is 11.1. The lowest BCUT2D eigenvalue weighted by molar-refractivity contribution is -0.113. The van der Waals surface area contributed by atoms with Gasteiger partial charge in [0, 0.05) is 6.42 Å². The van der Waals surface area contributed by atoms with Crippen LogP contribution in [-0.2, 0) is 11.2 Å². The maximum atomic E-state index is 14.3. The standard InChI is InChI=1S/C24H28FP.C7H12O/c1-7-17(6)24(16(4)5)22-14-18(15(2)3)8-9-19(22)12-20-13-21(26)10-11-23(20)25;1-5(2)6(3)7(4)8/h8-11,13-14H,2,4,7,12,26H2,1,3,5-6H3;1-4H3/b24-17+;. The Morgan fingerprint density at radius 3 is 1.97 bits per heavy atom. The van der Waals surface area contributed by atoms with Crippen LogP contribution in [0.3, 0.4) is 0 Å². The molecule has 0 bridgehead atoms. The van der Waals surface area contributed by atoms with Crippen LogP contribution in [0.2, 0.25) is 0 Å². The predicted octanol–water partition coefficient (Wildman–Crippen LogP) is 8.64. The summed E-state index contributed by atoms with van der Waals surface area (Å²) in [6, 6.07) is 11.5. The molecule has 2 aromatic rings. The minimum Gasteiger partial charge on any atom is -0.295 e. The van der Waals surface area contributed by atoms with Crippen molar-refractivity contribution in [2.24, 2.45) is 0 Å². The molecule has 1 nitrogen and oxygen atoms in total. The average Bonchev–Trinajstić information content (AvgIpc) is 2.76. The summed E-state index contributed by atoms with van der Waals surface area (Å²) in [7, 11) is 2.64. The molecule has 0 N–H and O–H groups in total. The second kappa shape index (κ2) is 13.4. The molecule has 0 saturated carbocycles. The number of Topliss-reactive ketones (excluding diaryl/α,β-unsaturated/α-hetero) is 1. The van der Waals surface area contributed by atoms with Gasteiger partial charge in [0.2, 0.25) is 0 Å². The van der Waals surface area contributed by atoms with Crippen LogP contribution in [-0.4, -0.2) is 5.78 Å². The van der Waals surface area contributed by atoms with E-state index in [2.05, 4.69) is 54.4 Å². The van der Waals surface area contributed by atoms with Crippen molar-refractivity contribution in [3.05, 3.63) is 99.9 Å². The molecule has 0 aromatic heterocycles. The molecule has 0 radical (unpaired) electrons. The van der Waals surface area contributed by atoms with Crippen molar-refractivity contribution in [3.8, 4) is 0 Å². The number of hydrogen-bond acceptors (Lipinski definition) is 1. The maximum absolute atomic E-state index is 14.3. The van der Waals surface area contributed by atoms with Gasteiger partial charge in [0.25, 0.3) is 0 Å². The molecule has 182 valence electrons. The van der Waals surface area contributed by atoms with E-state index in [-0.39, 0.29) is 11.6 Å². The second-order valence-corrected chi connectivity index (χ2v) is 9.82. The highest BCUT2D eigenvalue weighted by Gasteiger charge is 2.15. The zero-order valence-corrected chi connectivity index (χ0v) is 23.3. The SMILES string of the molecule is C=C(C)/C(=C(/C)CC)c1cc(C(=C)C)ccc1Cc1cc(P)ccc1F.CC(=O)C(C)=C(C)C. The number of rotatable bonds is 7. The van der Waals surface area contributed by atoms with Gasteiger partial charge in [-0.3, -0.25) is 4.79 Å². The van der Waals surface area contributed by atoms with Crippen LogP contribution in [0.25, 0.3) is 11.1 Å². The molecule has 0 aliphatic rings. The van der Waals surface area contributed by atoms with Gasteiger partial charge >= 0.3 is 0 Å². The molecule has 0 fully saturated rings.